The normalized spacial score (nSPS) is 8.80. The third-order valence-corrected chi connectivity index (χ3v) is 3.42. The summed E-state index contributed by atoms with van der Waals surface area (Å²) >= 11 is -0.486. The summed E-state index contributed by atoms with van der Waals surface area (Å²) in [5, 5.41) is 19.5. The van der Waals surface area contributed by atoms with Gasteiger partial charge in [0.25, 0.3) is 0 Å². The van der Waals surface area contributed by atoms with Crippen LogP contribution in [-0.2, 0) is 45.7 Å². The van der Waals surface area contributed by atoms with Gasteiger partial charge >= 0.3 is 53.6 Å². The standard InChI is InChI=1S/2C6H10O3.2C2H5O.Ti/c2*1-2-3-5(7)4-6(8)9;2*1-2-3;/h2*2-4H2,1H3,(H,8,9);2*2H2,1H3;/q;;2*-1;+4/p-2. The number of ketones is 2. The molecule has 0 aliphatic carbocycles. The van der Waals surface area contributed by atoms with Crippen LogP contribution in [0.3, 0.4) is 0 Å². The first-order valence-electron chi connectivity index (χ1n) is 8.16. The van der Waals surface area contributed by atoms with Crippen molar-refractivity contribution in [3.05, 3.63) is 0 Å². The predicted molar refractivity (Wildman–Crippen MR) is 82.3 cm³/mol. The number of carboxylic acid groups (broad SMARTS) is 2. The summed E-state index contributed by atoms with van der Waals surface area (Å²) in [4.78, 5) is 40.4. The van der Waals surface area contributed by atoms with E-state index in [1.54, 1.807) is 0 Å². The third-order valence-electron chi connectivity index (χ3n) is 2.15. The summed E-state index contributed by atoms with van der Waals surface area (Å²) in [6.45, 7) is 9.19. The topological polar surface area (TPSA) is 133 Å². The van der Waals surface area contributed by atoms with Crippen LogP contribution in [0.1, 0.15) is 66.2 Å². The molecule has 0 aromatic carbocycles. The number of carbonyl (C=O) groups excluding carboxylic acids is 4. The van der Waals surface area contributed by atoms with Crippen molar-refractivity contribution in [3.63, 3.8) is 0 Å². The molecule has 0 atom stereocenters. The quantitative estimate of drug-likeness (QED) is 0.255. The van der Waals surface area contributed by atoms with Crippen LogP contribution >= 0.6 is 0 Å². The second-order valence-electron chi connectivity index (χ2n) is 4.62. The van der Waals surface area contributed by atoms with Crippen LogP contribution in [-0.4, -0.2) is 36.7 Å². The molecule has 0 saturated carbocycles. The average Bonchev–Trinajstić information content (AvgIpc) is 2.48. The summed E-state index contributed by atoms with van der Waals surface area (Å²) < 4.78 is 9.95. The summed E-state index contributed by atoms with van der Waals surface area (Å²) in [6, 6.07) is 0. The monoisotopic (exact) mass is 396 g/mol. The van der Waals surface area contributed by atoms with Gasteiger partial charge in [0.1, 0.15) is 11.6 Å². The van der Waals surface area contributed by atoms with Crippen LogP contribution < -0.4 is 10.2 Å². The Hall–Kier alpha value is -1.09. The van der Waals surface area contributed by atoms with Gasteiger partial charge < -0.3 is 19.8 Å². The predicted octanol–water partition coefficient (Wildman–Crippen LogP) is -0.0369. The Balaban J connectivity index is -0.000000293. The second-order valence-corrected chi connectivity index (χ2v) is 5.79. The van der Waals surface area contributed by atoms with Crippen molar-refractivity contribution in [2.45, 2.75) is 66.2 Å². The summed E-state index contributed by atoms with van der Waals surface area (Å²) in [7, 11) is 0. The number of hydrogen-bond acceptors (Lipinski definition) is 8. The van der Waals surface area contributed by atoms with Gasteiger partial charge in [-0.1, -0.05) is 13.8 Å². The molecule has 0 rings (SSSR count). The molecule has 144 valence electrons. The van der Waals surface area contributed by atoms with Gasteiger partial charge in [0.15, 0.2) is 0 Å². The first kappa shape index (κ1) is 28.7. The minimum atomic E-state index is -1.28. The van der Waals surface area contributed by atoms with Crippen LogP contribution in [0.15, 0.2) is 0 Å². The van der Waals surface area contributed by atoms with Crippen LogP contribution in [0.2, 0.25) is 0 Å². The molecule has 0 amide bonds. The van der Waals surface area contributed by atoms with Gasteiger partial charge in [-0.3, -0.25) is 9.59 Å². The van der Waals surface area contributed by atoms with E-state index in [9.17, 15) is 29.4 Å². The molecule has 0 aliphatic heterocycles. The SMILES string of the molecule is CCCC(=O)CC(=O)[O-].CCCC(=O)CC(=O)[O-].CC[O][Ti+2][O]CC. The molecule has 0 N–H and O–H groups in total. The first-order valence-corrected chi connectivity index (χ1v) is 9.44. The van der Waals surface area contributed by atoms with Gasteiger partial charge in [0.2, 0.25) is 0 Å². The summed E-state index contributed by atoms with van der Waals surface area (Å²) in [5.74, 6) is -3.07. The fourth-order valence-corrected chi connectivity index (χ4v) is 1.71. The van der Waals surface area contributed by atoms with E-state index in [-0.39, 0.29) is 11.6 Å². The second kappa shape index (κ2) is 22.9. The molecule has 0 aromatic rings. The number of Topliss-reactive ketones (excluding diaryl/α,β-unsaturated/α-hetero) is 2. The van der Waals surface area contributed by atoms with Crippen LogP contribution in [0.4, 0.5) is 0 Å². The molecule has 0 heterocycles. The number of carbonyl (C=O) groups is 4. The molecule has 9 heteroatoms. The van der Waals surface area contributed by atoms with Gasteiger partial charge in [0.05, 0.1) is 0 Å². The molecule has 0 saturated heterocycles. The molecule has 0 aliphatic rings. The van der Waals surface area contributed by atoms with Crippen molar-refractivity contribution in [2.24, 2.45) is 0 Å². The van der Waals surface area contributed by atoms with Gasteiger partial charge in [0, 0.05) is 37.6 Å². The Labute approximate surface area is 159 Å². The zero-order valence-electron chi connectivity index (χ0n) is 15.4. The Bertz CT molecular complexity index is 337. The van der Waals surface area contributed by atoms with Gasteiger partial charge in [-0.2, -0.15) is 0 Å². The maximum absolute atomic E-state index is 10.4. The zero-order valence-corrected chi connectivity index (χ0v) is 17.0. The van der Waals surface area contributed by atoms with Crippen molar-refractivity contribution in [1.82, 2.24) is 0 Å². The number of aliphatic carboxylic acids is 2. The van der Waals surface area contributed by atoms with Crippen molar-refractivity contribution >= 4 is 23.5 Å². The molecule has 8 nitrogen and oxygen atoms in total. The molecule has 0 radical (unpaired) electrons. The Morgan fingerprint density at radius 2 is 1.04 bits per heavy atom. The number of hydrogen-bond donors (Lipinski definition) is 0. The molecule has 0 unspecified atom stereocenters. The molecule has 0 bridgehead atoms. The van der Waals surface area contributed by atoms with E-state index >= 15 is 0 Å². The Morgan fingerprint density at radius 3 is 1.24 bits per heavy atom. The van der Waals surface area contributed by atoms with E-state index in [0.717, 1.165) is 13.2 Å². The third kappa shape index (κ3) is 35.0. The minimum absolute atomic E-state index is 0.252. The van der Waals surface area contributed by atoms with E-state index in [1.165, 1.54) is 0 Å². The fourth-order valence-electron chi connectivity index (χ4n) is 1.22. The Morgan fingerprint density at radius 1 is 0.720 bits per heavy atom. The summed E-state index contributed by atoms with van der Waals surface area (Å²) in [6.07, 6.45) is 1.21. The average molecular weight is 396 g/mol. The van der Waals surface area contributed by atoms with Crippen molar-refractivity contribution < 1.29 is 56.0 Å². The molecule has 25 heavy (non-hydrogen) atoms. The van der Waals surface area contributed by atoms with E-state index in [4.69, 9.17) is 6.64 Å². The van der Waals surface area contributed by atoms with Crippen LogP contribution in [0.25, 0.3) is 0 Å². The zero-order chi connectivity index (χ0) is 20.1. The fraction of sp³-hybridized carbons (Fsp3) is 0.750. The Kier molecular flexibility index (Phi) is 26.3. The van der Waals surface area contributed by atoms with Crippen LogP contribution in [0.5, 0.6) is 0 Å². The van der Waals surface area contributed by atoms with Crippen molar-refractivity contribution in [1.29, 1.82) is 0 Å². The van der Waals surface area contributed by atoms with Gasteiger partial charge in [-0.15, -0.1) is 0 Å². The van der Waals surface area contributed by atoms with Gasteiger partial charge in [-0.05, 0) is 12.8 Å². The van der Waals surface area contributed by atoms with Crippen molar-refractivity contribution in [3.8, 4) is 0 Å². The van der Waals surface area contributed by atoms with Crippen LogP contribution in [0, 0.1) is 0 Å². The summed E-state index contributed by atoms with van der Waals surface area (Å²) in [5.41, 5.74) is 0. The van der Waals surface area contributed by atoms with E-state index in [1.807, 2.05) is 27.7 Å². The maximum atomic E-state index is 10.4. The van der Waals surface area contributed by atoms with E-state index in [0.29, 0.717) is 25.7 Å². The van der Waals surface area contributed by atoms with Crippen molar-refractivity contribution in [2.75, 3.05) is 13.2 Å². The molecule has 0 spiro atoms. The van der Waals surface area contributed by atoms with Gasteiger partial charge in [-0.25, -0.2) is 0 Å². The molecular weight excluding hydrogens is 368 g/mol. The molecule has 0 aromatic heterocycles. The van der Waals surface area contributed by atoms with E-state index < -0.39 is 44.7 Å². The first-order chi connectivity index (χ1) is 11.7. The number of carboxylic acids is 2. The number of rotatable bonds is 12. The van der Waals surface area contributed by atoms with E-state index in [2.05, 4.69) is 0 Å². The molecular formula is C16H28O8Ti. The molecule has 0 fully saturated rings.